The van der Waals surface area contributed by atoms with E-state index in [1.165, 1.54) is 25.8 Å². The lowest BCUT2D eigenvalue weighted by Gasteiger charge is -2.16. The number of hydrogen-bond acceptors (Lipinski definition) is 8. The van der Waals surface area contributed by atoms with E-state index in [0.717, 1.165) is 12.0 Å². The lowest BCUT2D eigenvalue weighted by molar-refractivity contribution is 0.0964. The van der Waals surface area contributed by atoms with Gasteiger partial charge in [0.2, 0.25) is 11.7 Å². The van der Waals surface area contributed by atoms with Gasteiger partial charge in [0.05, 0.1) is 25.5 Å². The number of nitrogens with zero attached hydrogens (tertiary/aromatic N) is 2. The second-order valence-corrected chi connectivity index (χ2v) is 8.16. The van der Waals surface area contributed by atoms with Crippen LogP contribution in [0.5, 0.6) is 17.2 Å². The van der Waals surface area contributed by atoms with E-state index in [4.69, 9.17) is 14.5 Å². The second kappa shape index (κ2) is 11.8. The van der Waals surface area contributed by atoms with Crippen LogP contribution in [0.3, 0.4) is 0 Å². The van der Waals surface area contributed by atoms with Gasteiger partial charge in [-0.15, -0.1) is 0 Å². The number of aromatic nitrogens is 2. The Morgan fingerprint density at radius 1 is 0.946 bits per heavy atom. The van der Waals surface area contributed by atoms with E-state index in [2.05, 4.69) is 33.1 Å². The van der Waals surface area contributed by atoms with E-state index >= 15 is 0 Å². The molecular formula is C28H29N5O4. The summed E-state index contributed by atoms with van der Waals surface area (Å²) in [5.74, 6) is 1.18. The van der Waals surface area contributed by atoms with E-state index in [-0.39, 0.29) is 17.4 Å². The number of carbonyl (C=O) groups excluding carboxylic acids is 1. The number of aromatic hydroxyl groups is 1. The number of benzene rings is 3. The molecule has 1 amide bonds. The van der Waals surface area contributed by atoms with Gasteiger partial charge in [-0.3, -0.25) is 4.79 Å². The number of carbonyl (C=O) groups is 1. The van der Waals surface area contributed by atoms with Gasteiger partial charge in [-0.2, -0.15) is 4.98 Å². The monoisotopic (exact) mass is 499 g/mol. The summed E-state index contributed by atoms with van der Waals surface area (Å²) in [4.78, 5) is 21.6. The third-order valence-corrected chi connectivity index (χ3v) is 5.76. The van der Waals surface area contributed by atoms with Crippen molar-refractivity contribution in [3.05, 3.63) is 89.6 Å². The molecule has 0 spiro atoms. The Labute approximate surface area is 215 Å². The predicted molar refractivity (Wildman–Crippen MR) is 143 cm³/mol. The molecule has 190 valence electrons. The Hall–Kier alpha value is -4.79. The Bertz CT molecular complexity index is 1380. The number of phenolic OH excluding ortho intramolecular Hbond substituents is 1. The largest absolute Gasteiger partial charge is 0.504 e. The average Bonchev–Trinajstić information content (AvgIpc) is 2.92. The standard InChI is InChI=1S/C28H29N5O4/c1-29-27(35)21-11-7-8-12-22(21)32-26-19(14-13-18-9-5-4-6-10-18)17-30-28(33-26)31-20-15-23(34)25(37-3)24(16-20)36-2/h4-12,15-17,34H,13-14H2,1-3H3,(H,29,35)(H2,30,31,32,33). The predicted octanol–water partition coefficient (Wildman–Crippen LogP) is 4.83. The van der Waals surface area contributed by atoms with Gasteiger partial charge < -0.3 is 30.5 Å². The van der Waals surface area contributed by atoms with Crippen LogP contribution in [0.1, 0.15) is 21.5 Å². The quantitative estimate of drug-likeness (QED) is 0.245. The third kappa shape index (κ3) is 6.07. The van der Waals surface area contributed by atoms with Gasteiger partial charge in [0, 0.05) is 36.6 Å². The fraction of sp³-hybridized carbons (Fsp3) is 0.179. The molecule has 0 aliphatic heterocycles. The summed E-state index contributed by atoms with van der Waals surface area (Å²) in [6, 6.07) is 20.6. The molecule has 9 heteroatoms. The molecule has 4 aromatic rings. The molecule has 0 aliphatic carbocycles. The first-order chi connectivity index (χ1) is 18.0. The first-order valence-corrected chi connectivity index (χ1v) is 11.7. The van der Waals surface area contributed by atoms with Crippen LogP contribution in [-0.4, -0.2) is 42.2 Å². The van der Waals surface area contributed by atoms with Crippen molar-refractivity contribution in [3.8, 4) is 17.2 Å². The smallest absolute Gasteiger partial charge is 0.253 e. The summed E-state index contributed by atoms with van der Waals surface area (Å²) in [5, 5.41) is 19.4. The van der Waals surface area contributed by atoms with Crippen LogP contribution in [-0.2, 0) is 12.8 Å². The van der Waals surface area contributed by atoms with Gasteiger partial charge in [0.15, 0.2) is 11.5 Å². The molecule has 37 heavy (non-hydrogen) atoms. The van der Waals surface area contributed by atoms with Gasteiger partial charge in [-0.25, -0.2) is 4.98 Å². The number of aryl methyl sites for hydroxylation is 2. The van der Waals surface area contributed by atoms with Crippen molar-refractivity contribution in [2.24, 2.45) is 0 Å². The average molecular weight is 500 g/mol. The molecule has 0 aliphatic rings. The number of amides is 1. The highest BCUT2D eigenvalue weighted by Gasteiger charge is 2.16. The number of methoxy groups -OCH3 is 2. The molecule has 0 bridgehead atoms. The van der Waals surface area contributed by atoms with E-state index in [0.29, 0.717) is 40.9 Å². The zero-order chi connectivity index (χ0) is 26.2. The lowest BCUT2D eigenvalue weighted by atomic mass is 10.1. The third-order valence-electron chi connectivity index (χ3n) is 5.76. The molecule has 4 rings (SSSR count). The Kier molecular flexibility index (Phi) is 8.05. The summed E-state index contributed by atoms with van der Waals surface area (Å²) >= 11 is 0. The zero-order valence-electron chi connectivity index (χ0n) is 20.9. The van der Waals surface area contributed by atoms with Crippen LogP contribution >= 0.6 is 0 Å². The van der Waals surface area contributed by atoms with E-state index < -0.39 is 0 Å². The Balaban J connectivity index is 1.68. The fourth-order valence-corrected chi connectivity index (χ4v) is 3.88. The molecule has 0 saturated carbocycles. The van der Waals surface area contributed by atoms with Gasteiger partial charge in [-0.05, 0) is 30.5 Å². The molecular weight excluding hydrogens is 470 g/mol. The molecule has 1 aromatic heterocycles. The summed E-state index contributed by atoms with van der Waals surface area (Å²) in [6.07, 6.45) is 3.24. The number of hydrogen-bond donors (Lipinski definition) is 4. The van der Waals surface area contributed by atoms with E-state index in [1.807, 2.05) is 36.4 Å². The summed E-state index contributed by atoms with van der Waals surface area (Å²) in [5.41, 5.74) is 3.72. The lowest BCUT2D eigenvalue weighted by Crippen LogP contribution is -2.19. The van der Waals surface area contributed by atoms with Crippen LogP contribution in [0.2, 0.25) is 0 Å². The SMILES string of the molecule is CNC(=O)c1ccccc1Nc1nc(Nc2cc(O)c(OC)c(OC)c2)ncc1CCc1ccccc1. The first kappa shape index (κ1) is 25.3. The second-order valence-electron chi connectivity index (χ2n) is 8.16. The van der Waals surface area contributed by atoms with Crippen molar-refractivity contribution < 1.29 is 19.4 Å². The fourth-order valence-electron chi connectivity index (χ4n) is 3.88. The van der Waals surface area contributed by atoms with Crippen LogP contribution in [0, 0.1) is 0 Å². The molecule has 1 heterocycles. The molecule has 4 N–H and O–H groups in total. The van der Waals surface area contributed by atoms with Crippen molar-refractivity contribution in [1.29, 1.82) is 0 Å². The molecule has 0 unspecified atom stereocenters. The summed E-state index contributed by atoms with van der Waals surface area (Å²) in [7, 11) is 4.54. The van der Waals surface area contributed by atoms with E-state index in [9.17, 15) is 9.90 Å². The van der Waals surface area contributed by atoms with E-state index in [1.54, 1.807) is 25.4 Å². The minimum atomic E-state index is -0.206. The Morgan fingerprint density at radius 3 is 2.43 bits per heavy atom. The highest BCUT2D eigenvalue weighted by molar-refractivity contribution is 6.00. The molecule has 0 atom stereocenters. The number of ether oxygens (including phenoxy) is 2. The number of para-hydroxylation sites is 1. The van der Waals surface area contributed by atoms with Gasteiger partial charge in [0.1, 0.15) is 5.82 Å². The van der Waals surface area contributed by atoms with Gasteiger partial charge >= 0.3 is 0 Å². The highest BCUT2D eigenvalue weighted by Crippen LogP contribution is 2.39. The molecule has 3 aromatic carbocycles. The molecule has 0 fully saturated rings. The van der Waals surface area contributed by atoms with Crippen molar-refractivity contribution in [2.75, 3.05) is 31.9 Å². The number of rotatable bonds is 10. The van der Waals surface area contributed by atoms with Gasteiger partial charge in [0.25, 0.3) is 5.91 Å². The van der Waals surface area contributed by atoms with Crippen LogP contribution in [0.15, 0.2) is 72.9 Å². The number of phenols is 1. The highest BCUT2D eigenvalue weighted by atomic mass is 16.5. The summed E-state index contributed by atoms with van der Waals surface area (Å²) in [6.45, 7) is 0. The maximum absolute atomic E-state index is 12.4. The van der Waals surface area contributed by atoms with Crippen molar-refractivity contribution in [3.63, 3.8) is 0 Å². The maximum Gasteiger partial charge on any atom is 0.253 e. The minimum Gasteiger partial charge on any atom is -0.504 e. The van der Waals surface area contributed by atoms with Crippen molar-refractivity contribution in [2.45, 2.75) is 12.8 Å². The van der Waals surface area contributed by atoms with Crippen LogP contribution in [0.25, 0.3) is 0 Å². The molecule has 0 radical (unpaired) electrons. The van der Waals surface area contributed by atoms with Gasteiger partial charge in [-0.1, -0.05) is 42.5 Å². The maximum atomic E-state index is 12.4. The molecule has 0 saturated heterocycles. The van der Waals surface area contributed by atoms with Crippen molar-refractivity contribution in [1.82, 2.24) is 15.3 Å². The number of nitrogens with one attached hydrogen (secondary N) is 3. The normalized spacial score (nSPS) is 10.5. The zero-order valence-corrected chi connectivity index (χ0v) is 20.9. The Morgan fingerprint density at radius 2 is 1.70 bits per heavy atom. The summed E-state index contributed by atoms with van der Waals surface area (Å²) < 4.78 is 10.5. The number of anilines is 4. The topological polar surface area (TPSA) is 118 Å². The van der Waals surface area contributed by atoms with Crippen molar-refractivity contribution >= 4 is 29.0 Å². The minimum absolute atomic E-state index is 0.0818. The molecule has 9 nitrogen and oxygen atoms in total. The van der Waals surface area contributed by atoms with Crippen LogP contribution < -0.4 is 25.4 Å². The first-order valence-electron chi connectivity index (χ1n) is 11.7. The van der Waals surface area contributed by atoms with Crippen LogP contribution in [0.4, 0.5) is 23.1 Å².